The minimum absolute atomic E-state index is 0.173. The zero-order chi connectivity index (χ0) is 17.2. The SMILES string of the molecule is O=S(=O)(c1ccc(Cl)cc1F)N1CCN(Cc2ccccn2)CC1. The summed E-state index contributed by atoms with van der Waals surface area (Å²) in [5.41, 5.74) is 0.942. The lowest BCUT2D eigenvalue weighted by Crippen LogP contribution is -2.48. The Bertz CT molecular complexity index is 809. The van der Waals surface area contributed by atoms with Crippen LogP contribution in [0.1, 0.15) is 5.69 Å². The Hall–Kier alpha value is -1.54. The Kier molecular flexibility index (Phi) is 5.15. The summed E-state index contributed by atoms with van der Waals surface area (Å²) in [6.45, 7) is 2.45. The minimum atomic E-state index is -3.85. The van der Waals surface area contributed by atoms with Gasteiger partial charge < -0.3 is 0 Å². The van der Waals surface area contributed by atoms with Crippen molar-refractivity contribution in [3.63, 3.8) is 0 Å². The third-order valence-corrected chi connectivity index (χ3v) is 6.12. The van der Waals surface area contributed by atoms with Crippen molar-refractivity contribution in [2.24, 2.45) is 0 Å². The smallest absolute Gasteiger partial charge is 0.246 e. The number of rotatable bonds is 4. The van der Waals surface area contributed by atoms with Gasteiger partial charge >= 0.3 is 0 Å². The number of pyridine rings is 1. The molecule has 1 aromatic heterocycles. The second-order valence-corrected chi connectivity index (χ2v) is 7.92. The van der Waals surface area contributed by atoms with Gasteiger partial charge in [0.25, 0.3) is 0 Å². The second-order valence-electron chi connectivity index (χ2n) is 5.58. The number of hydrogen-bond donors (Lipinski definition) is 0. The highest BCUT2D eigenvalue weighted by atomic mass is 35.5. The van der Waals surface area contributed by atoms with Gasteiger partial charge in [-0.05, 0) is 30.3 Å². The molecule has 3 rings (SSSR count). The summed E-state index contributed by atoms with van der Waals surface area (Å²) in [6.07, 6.45) is 1.74. The molecular formula is C16H17ClFN3O2S. The van der Waals surface area contributed by atoms with E-state index in [0.717, 1.165) is 11.8 Å². The van der Waals surface area contributed by atoms with Crippen LogP contribution in [0.15, 0.2) is 47.5 Å². The van der Waals surface area contributed by atoms with Gasteiger partial charge in [-0.1, -0.05) is 17.7 Å². The molecule has 1 aliphatic rings. The van der Waals surface area contributed by atoms with E-state index in [4.69, 9.17) is 11.6 Å². The number of aromatic nitrogens is 1. The molecule has 0 spiro atoms. The van der Waals surface area contributed by atoms with Crippen LogP contribution in [0, 0.1) is 5.82 Å². The second kappa shape index (κ2) is 7.14. The van der Waals surface area contributed by atoms with Gasteiger partial charge in [-0.15, -0.1) is 0 Å². The Morgan fingerprint density at radius 1 is 1.12 bits per heavy atom. The van der Waals surface area contributed by atoms with Crippen LogP contribution < -0.4 is 0 Å². The predicted octanol–water partition coefficient (Wildman–Crippen LogP) is 2.38. The largest absolute Gasteiger partial charge is 0.295 e. The maximum Gasteiger partial charge on any atom is 0.246 e. The van der Waals surface area contributed by atoms with Crippen LogP contribution in [0.3, 0.4) is 0 Å². The average Bonchev–Trinajstić information content (AvgIpc) is 2.56. The predicted molar refractivity (Wildman–Crippen MR) is 89.7 cm³/mol. The molecule has 2 aromatic rings. The van der Waals surface area contributed by atoms with E-state index in [2.05, 4.69) is 9.88 Å². The fourth-order valence-electron chi connectivity index (χ4n) is 2.67. The van der Waals surface area contributed by atoms with E-state index < -0.39 is 15.8 Å². The maximum atomic E-state index is 14.0. The summed E-state index contributed by atoms with van der Waals surface area (Å²) in [6, 6.07) is 9.33. The molecule has 8 heteroatoms. The van der Waals surface area contributed by atoms with Gasteiger partial charge in [0.15, 0.2) is 0 Å². The Morgan fingerprint density at radius 3 is 2.50 bits per heavy atom. The van der Waals surface area contributed by atoms with Crippen LogP contribution in [-0.4, -0.2) is 48.8 Å². The zero-order valence-electron chi connectivity index (χ0n) is 12.9. The van der Waals surface area contributed by atoms with E-state index in [0.29, 0.717) is 32.7 Å². The van der Waals surface area contributed by atoms with Crippen LogP contribution >= 0.6 is 11.6 Å². The highest BCUT2D eigenvalue weighted by Crippen LogP contribution is 2.23. The Balaban J connectivity index is 1.67. The van der Waals surface area contributed by atoms with E-state index in [1.807, 2.05) is 18.2 Å². The summed E-state index contributed by atoms with van der Waals surface area (Å²) in [5, 5.41) is 0.173. The number of nitrogens with zero attached hydrogens (tertiary/aromatic N) is 3. The average molecular weight is 370 g/mol. The topological polar surface area (TPSA) is 53.5 Å². The lowest BCUT2D eigenvalue weighted by Gasteiger charge is -2.33. The van der Waals surface area contributed by atoms with Gasteiger partial charge in [-0.2, -0.15) is 4.31 Å². The molecular weight excluding hydrogens is 353 g/mol. The first-order valence-electron chi connectivity index (χ1n) is 7.54. The third kappa shape index (κ3) is 3.75. The zero-order valence-corrected chi connectivity index (χ0v) is 14.5. The quantitative estimate of drug-likeness (QED) is 0.830. The summed E-state index contributed by atoms with van der Waals surface area (Å²) in [4.78, 5) is 6.08. The van der Waals surface area contributed by atoms with Crippen molar-refractivity contribution in [1.82, 2.24) is 14.2 Å². The van der Waals surface area contributed by atoms with Crippen LogP contribution in [0.2, 0.25) is 5.02 Å². The van der Waals surface area contributed by atoms with Crippen molar-refractivity contribution in [3.8, 4) is 0 Å². The molecule has 0 amide bonds. The molecule has 0 atom stereocenters. The summed E-state index contributed by atoms with van der Waals surface area (Å²) >= 11 is 5.69. The van der Waals surface area contributed by atoms with Crippen LogP contribution in [0.5, 0.6) is 0 Å². The van der Waals surface area contributed by atoms with Crippen molar-refractivity contribution < 1.29 is 12.8 Å². The molecule has 1 aromatic carbocycles. The fraction of sp³-hybridized carbons (Fsp3) is 0.312. The first-order chi connectivity index (χ1) is 11.5. The molecule has 1 fully saturated rings. The molecule has 128 valence electrons. The highest BCUT2D eigenvalue weighted by Gasteiger charge is 2.30. The normalized spacial score (nSPS) is 17.1. The van der Waals surface area contributed by atoms with Gasteiger partial charge in [0.05, 0.1) is 5.69 Å². The van der Waals surface area contributed by atoms with Crippen LogP contribution in [-0.2, 0) is 16.6 Å². The first-order valence-corrected chi connectivity index (χ1v) is 9.36. The molecule has 0 saturated carbocycles. The molecule has 0 unspecified atom stereocenters. The van der Waals surface area contributed by atoms with Crippen molar-refractivity contribution in [2.45, 2.75) is 11.4 Å². The van der Waals surface area contributed by atoms with E-state index in [1.165, 1.54) is 16.4 Å². The van der Waals surface area contributed by atoms with Gasteiger partial charge in [0.2, 0.25) is 10.0 Å². The van der Waals surface area contributed by atoms with Crippen LogP contribution in [0.4, 0.5) is 4.39 Å². The Morgan fingerprint density at radius 2 is 1.88 bits per heavy atom. The molecule has 24 heavy (non-hydrogen) atoms. The number of sulfonamides is 1. The molecule has 1 aliphatic heterocycles. The molecule has 2 heterocycles. The van der Waals surface area contributed by atoms with Crippen molar-refractivity contribution in [1.29, 1.82) is 0 Å². The number of benzene rings is 1. The van der Waals surface area contributed by atoms with Crippen molar-refractivity contribution in [2.75, 3.05) is 26.2 Å². The molecule has 0 radical (unpaired) electrons. The lowest BCUT2D eigenvalue weighted by molar-refractivity contribution is 0.179. The van der Waals surface area contributed by atoms with E-state index in [1.54, 1.807) is 6.20 Å². The van der Waals surface area contributed by atoms with Gasteiger partial charge in [-0.25, -0.2) is 12.8 Å². The molecule has 0 bridgehead atoms. The molecule has 0 N–H and O–H groups in total. The Labute approximate surface area is 145 Å². The minimum Gasteiger partial charge on any atom is -0.295 e. The summed E-state index contributed by atoms with van der Waals surface area (Å²) in [5.74, 6) is -0.821. The standard InChI is InChI=1S/C16H17ClFN3O2S/c17-13-4-5-16(15(18)11-13)24(22,23)21-9-7-20(8-10-21)12-14-3-1-2-6-19-14/h1-6,11H,7-10,12H2. The number of piperazine rings is 1. The van der Waals surface area contributed by atoms with E-state index in [-0.39, 0.29) is 9.92 Å². The molecule has 0 aliphatic carbocycles. The van der Waals surface area contributed by atoms with Gasteiger partial charge in [0, 0.05) is 43.9 Å². The van der Waals surface area contributed by atoms with Crippen molar-refractivity contribution >= 4 is 21.6 Å². The van der Waals surface area contributed by atoms with E-state index in [9.17, 15) is 12.8 Å². The van der Waals surface area contributed by atoms with Gasteiger partial charge in [0.1, 0.15) is 10.7 Å². The summed E-state index contributed by atoms with van der Waals surface area (Å²) < 4.78 is 40.5. The number of halogens is 2. The number of hydrogen-bond acceptors (Lipinski definition) is 4. The van der Waals surface area contributed by atoms with Crippen LogP contribution in [0.25, 0.3) is 0 Å². The fourth-order valence-corrected chi connectivity index (χ4v) is 4.30. The van der Waals surface area contributed by atoms with Crippen molar-refractivity contribution in [3.05, 3.63) is 59.1 Å². The third-order valence-electron chi connectivity index (χ3n) is 3.95. The molecule has 5 nitrogen and oxygen atoms in total. The maximum absolute atomic E-state index is 14.0. The monoisotopic (exact) mass is 369 g/mol. The highest BCUT2D eigenvalue weighted by molar-refractivity contribution is 7.89. The first kappa shape index (κ1) is 17.3. The lowest BCUT2D eigenvalue weighted by atomic mass is 10.3. The van der Waals surface area contributed by atoms with E-state index >= 15 is 0 Å². The molecule has 1 saturated heterocycles. The summed E-state index contributed by atoms with van der Waals surface area (Å²) in [7, 11) is -3.85. The van der Waals surface area contributed by atoms with Gasteiger partial charge in [-0.3, -0.25) is 9.88 Å².